The van der Waals surface area contributed by atoms with Crippen LogP contribution in [0.4, 0.5) is 43.9 Å². The molecule has 4 rings (SSSR count). The first-order valence-corrected chi connectivity index (χ1v) is 14.7. The van der Waals surface area contributed by atoms with Gasteiger partial charge in [-0.3, -0.25) is 0 Å². The van der Waals surface area contributed by atoms with Gasteiger partial charge >= 0.3 is 17.4 Å². The monoisotopic (exact) mass is 752 g/mol. The highest BCUT2D eigenvalue weighted by Gasteiger charge is 2.79. The molecule has 0 bridgehead atoms. The van der Waals surface area contributed by atoms with Gasteiger partial charge in [0.05, 0.1) is 13.6 Å². The van der Waals surface area contributed by atoms with Crippen molar-refractivity contribution in [2.75, 3.05) is 0 Å². The Morgan fingerprint density at radius 2 is 1.14 bits per heavy atom. The third kappa shape index (κ3) is 4.98. The van der Waals surface area contributed by atoms with E-state index in [0.29, 0.717) is 6.08 Å². The molecule has 0 aliphatic heterocycles. The first-order chi connectivity index (χ1) is 19.2. The molecule has 0 spiro atoms. The van der Waals surface area contributed by atoms with Crippen molar-refractivity contribution in [3.05, 3.63) is 118 Å². The molecule has 0 N–H and O–H groups in total. The molecule has 1 aliphatic rings. The van der Waals surface area contributed by atoms with Crippen LogP contribution in [0.2, 0.25) is 0 Å². The van der Waals surface area contributed by atoms with Crippen LogP contribution in [0.5, 0.6) is 0 Å². The predicted molar refractivity (Wildman–Crippen MR) is 141 cm³/mol. The average molecular weight is 754 g/mol. The molecule has 3 aromatic carbocycles. The summed E-state index contributed by atoms with van der Waals surface area (Å²) in [6.07, 6.45) is -7.39. The van der Waals surface area contributed by atoms with Crippen molar-refractivity contribution < 1.29 is 52.3 Å². The zero-order valence-corrected chi connectivity index (χ0v) is 24.5. The summed E-state index contributed by atoms with van der Waals surface area (Å²) in [7, 11) is -7.11. The fourth-order valence-corrected chi connectivity index (χ4v) is 9.60. The molecule has 0 aromatic heterocycles. The zero-order chi connectivity index (χ0) is 31.5. The van der Waals surface area contributed by atoms with E-state index in [9.17, 15) is 30.4 Å². The van der Waals surface area contributed by atoms with E-state index in [1.165, 1.54) is 24.3 Å². The molecule has 2 nitrogen and oxygen atoms in total. The second-order valence-corrected chi connectivity index (χ2v) is 14.3. The van der Waals surface area contributed by atoms with Crippen LogP contribution in [-0.2, 0) is 18.5 Å². The Hall–Kier alpha value is -2.39. The van der Waals surface area contributed by atoms with Gasteiger partial charge in [0, 0.05) is 17.0 Å². The number of allylic oxidation sites excluding steroid dienone is 2. The largest absolute Gasteiger partial charge is 0.461 e. The molecule has 3 atom stereocenters. The van der Waals surface area contributed by atoms with Gasteiger partial charge < -0.3 is 0 Å². The van der Waals surface area contributed by atoms with Gasteiger partial charge in [-0.05, 0) is 36.3 Å². The number of sulfone groups is 1. The molecule has 1 aliphatic carbocycles. The lowest BCUT2D eigenvalue weighted by molar-refractivity contribution is -0.331. The van der Waals surface area contributed by atoms with Gasteiger partial charge in [0.2, 0.25) is 9.84 Å². The molecule has 0 saturated heterocycles. The Labute approximate surface area is 249 Å². The molecule has 0 fully saturated rings. The maximum Gasteiger partial charge on any atom is 0.461 e. The number of benzene rings is 3. The van der Waals surface area contributed by atoms with E-state index >= 15 is 22.0 Å². The second kappa shape index (κ2) is 10.7. The third-order valence-electron chi connectivity index (χ3n) is 6.86. The van der Waals surface area contributed by atoms with Gasteiger partial charge in [-0.25, -0.2) is 21.6 Å². The Kier molecular flexibility index (Phi) is 8.25. The van der Waals surface area contributed by atoms with Crippen molar-refractivity contribution in [1.82, 2.24) is 0 Å². The van der Waals surface area contributed by atoms with Crippen LogP contribution in [0.1, 0.15) is 29.0 Å². The summed E-state index contributed by atoms with van der Waals surface area (Å²) in [5.74, 6) is -12.9. The SMILES string of the molecule is O=S(=O)(C1=CC(Br)(c2ccccc2F)CC(Br)(c2ccccc2F)C1c1ccccc1F)C(F)(F)C(F)(F)C(F)(F)F. The Morgan fingerprint density at radius 3 is 1.62 bits per heavy atom. The van der Waals surface area contributed by atoms with Crippen molar-refractivity contribution >= 4 is 41.7 Å². The van der Waals surface area contributed by atoms with E-state index in [1.807, 2.05) is 0 Å². The Morgan fingerprint density at radius 1 is 0.690 bits per heavy atom. The molecule has 0 radical (unpaired) electrons. The van der Waals surface area contributed by atoms with Gasteiger partial charge in [-0.2, -0.15) is 30.7 Å². The number of halogens is 12. The van der Waals surface area contributed by atoms with Crippen LogP contribution >= 0.6 is 31.9 Å². The molecule has 42 heavy (non-hydrogen) atoms. The first-order valence-electron chi connectivity index (χ1n) is 11.6. The highest BCUT2D eigenvalue weighted by Crippen LogP contribution is 2.64. The third-order valence-corrected chi connectivity index (χ3v) is 10.9. The maximum absolute atomic E-state index is 15.3. The minimum atomic E-state index is -7.13. The van der Waals surface area contributed by atoms with Gasteiger partial charge in [-0.1, -0.05) is 86.5 Å². The van der Waals surface area contributed by atoms with Crippen molar-refractivity contribution in [3.8, 4) is 0 Å². The fourth-order valence-electron chi connectivity index (χ4n) is 4.91. The van der Waals surface area contributed by atoms with Crippen molar-refractivity contribution in [2.24, 2.45) is 0 Å². The fraction of sp³-hybridized carbons (Fsp3) is 0.259. The van der Waals surface area contributed by atoms with E-state index in [1.54, 1.807) is 0 Å². The Bertz CT molecular complexity index is 1660. The van der Waals surface area contributed by atoms with Gasteiger partial charge in [0.15, 0.2) is 0 Å². The Balaban J connectivity index is 2.19. The van der Waals surface area contributed by atoms with E-state index in [4.69, 9.17) is 0 Å². The number of alkyl halides is 9. The lowest BCUT2D eigenvalue weighted by Gasteiger charge is -2.47. The molecule has 0 saturated carbocycles. The zero-order valence-electron chi connectivity index (χ0n) is 20.6. The summed E-state index contributed by atoms with van der Waals surface area (Å²) in [6.45, 7) is 0. The van der Waals surface area contributed by atoms with Gasteiger partial charge in [0.1, 0.15) is 17.5 Å². The van der Waals surface area contributed by atoms with Crippen LogP contribution in [0, 0.1) is 17.5 Å². The lowest BCUT2D eigenvalue weighted by Crippen LogP contribution is -2.57. The lowest BCUT2D eigenvalue weighted by atomic mass is 9.70. The normalized spacial score (nSPS) is 23.9. The minimum absolute atomic E-state index is 0.332. The number of hydrogen-bond acceptors (Lipinski definition) is 2. The van der Waals surface area contributed by atoms with E-state index in [-0.39, 0.29) is 0 Å². The van der Waals surface area contributed by atoms with Crippen LogP contribution in [-0.4, -0.2) is 25.8 Å². The smallest absolute Gasteiger partial charge is 0.217 e. The van der Waals surface area contributed by atoms with Crippen LogP contribution in [0.25, 0.3) is 0 Å². The van der Waals surface area contributed by atoms with Crippen molar-refractivity contribution in [2.45, 2.75) is 38.3 Å². The quantitative estimate of drug-likeness (QED) is 0.186. The summed E-state index contributed by atoms with van der Waals surface area (Å²) >= 11 is 6.24. The van der Waals surface area contributed by atoms with E-state index < -0.39 is 87.2 Å². The first kappa shape index (κ1) is 32.5. The molecular formula is C27H16Br2F10O2S. The highest BCUT2D eigenvalue weighted by atomic mass is 79.9. The van der Waals surface area contributed by atoms with Crippen molar-refractivity contribution in [1.29, 1.82) is 0 Å². The summed E-state index contributed by atoms with van der Waals surface area (Å²) in [4.78, 5) is -1.84. The second-order valence-electron chi connectivity index (χ2n) is 9.46. The number of rotatable bonds is 6. The van der Waals surface area contributed by atoms with Crippen LogP contribution in [0.3, 0.4) is 0 Å². The summed E-state index contributed by atoms with van der Waals surface area (Å²) in [5.41, 5.74) is -1.73. The molecule has 226 valence electrons. The summed E-state index contributed by atoms with van der Waals surface area (Å²) < 4.78 is 166. The number of hydrogen-bond donors (Lipinski definition) is 0. The predicted octanol–water partition coefficient (Wildman–Crippen LogP) is 9.26. The molecule has 0 heterocycles. The van der Waals surface area contributed by atoms with Crippen LogP contribution in [0.15, 0.2) is 83.8 Å². The topological polar surface area (TPSA) is 34.1 Å². The van der Waals surface area contributed by atoms with Crippen LogP contribution < -0.4 is 0 Å². The minimum Gasteiger partial charge on any atom is -0.217 e. The van der Waals surface area contributed by atoms with Gasteiger partial charge in [0.25, 0.3) is 0 Å². The highest BCUT2D eigenvalue weighted by molar-refractivity contribution is 9.10. The maximum atomic E-state index is 15.3. The summed E-state index contributed by atoms with van der Waals surface area (Å²) in [5, 5.41) is -6.85. The average Bonchev–Trinajstić information content (AvgIpc) is 2.88. The van der Waals surface area contributed by atoms with E-state index in [0.717, 1.165) is 48.5 Å². The summed E-state index contributed by atoms with van der Waals surface area (Å²) in [6, 6.07) is 12.6. The molecular weight excluding hydrogens is 738 g/mol. The van der Waals surface area contributed by atoms with E-state index in [2.05, 4.69) is 31.9 Å². The van der Waals surface area contributed by atoms with Gasteiger partial charge in [-0.15, -0.1) is 0 Å². The molecule has 0 amide bonds. The molecule has 15 heteroatoms. The standard InChI is InChI=1S/C27H16Br2F10O2S/c28-23(16-8-2-5-11-19(16)31)13-21(42(40,41)27(38,39)25(33,34)26(35,36)37)22(15-7-1-4-10-18(15)30)24(29,14-23)17-9-3-6-12-20(17)32/h1-13,22H,14H2. The molecule has 3 unspecified atom stereocenters. The van der Waals surface area contributed by atoms with Crippen molar-refractivity contribution in [3.63, 3.8) is 0 Å². The molecule has 3 aromatic rings.